The van der Waals surface area contributed by atoms with Crippen molar-refractivity contribution in [2.45, 2.75) is 68.6 Å². The zero-order valence-electron chi connectivity index (χ0n) is 17.0. The van der Waals surface area contributed by atoms with E-state index in [2.05, 4.69) is 0 Å². The monoisotopic (exact) mass is 440 g/mol. The van der Waals surface area contributed by atoms with E-state index in [1.807, 2.05) is 6.92 Å². The Kier molecular flexibility index (Phi) is 3.34. The molecule has 0 aromatic carbocycles. The molecule has 6 rings (SSSR count). The number of hydrogen-bond acceptors (Lipinski definition) is 9. The first kappa shape index (κ1) is 19.4. The SMILES string of the molecule is C[S@@](=O)C[C@](C)(O)[C@H]1OC(=O)C=C2[C@]3(C)[C@H]4[C@H](OC(=O)[C@@]4(C)[C@H](O)[C@H]4O[C@H]43)[C@H]3O[C@@]231. The first-order valence-electron chi connectivity index (χ1n) is 10.1. The molecule has 2 aliphatic carbocycles. The molecule has 0 aromatic heterocycles. The minimum Gasteiger partial charge on any atom is -0.459 e. The van der Waals surface area contributed by atoms with Crippen molar-refractivity contribution in [2.75, 3.05) is 12.0 Å². The van der Waals surface area contributed by atoms with E-state index in [-0.39, 0.29) is 5.75 Å². The van der Waals surface area contributed by atoms with Crippen molar-refractivity contribution in [1.29, 1.82) is 0 Å². The molecule has 0 radical (unpaired) electrons. The Morgan fingerprint density at radius 2 is 1.87 bits per heavy atom. The van der Waals surface area contributed by atoms with E-state index in [1.54, 1.807) is 6.92 Å². The Balaban J connectivity index is 1.54. The number of carbonyl (C=O) groups is 2. The van der Waals surface area contributed by atoms with Crippen LogP contribution >= 0.6 is 0 Å². The number of ether oxygens (including phenoxy) is 4. The van der Waals surface area contributed by atoms with Crippen LogP contribution in [0.15, 0.2) is 11.6 Å². The molecule has 0 unspecified atom stereocenters. The van der Waals surface area contributed by atoms with Gasteiger partial charge in [-0.2, -0.15) is 0 Å². The number of esters is 2. The number of aliphatic hydroxyl groups excluding tert-OH is 1. The second-order valence-corrected chi connectivity index (χ2v) is 11.6. The molecule has 0 bridgehead atoms. The van der Waals surface area contributed by atoms with Crippen LogP contribution in [0.4, 0.5) is 0 Å². The lowest BCUT2D eigenvalue weighted by atomic mass is 9.46. The van der Waals surface area contributed by atoms with Gasteiger partial charge in [-0.25, -0.2) is 4.79 Å². The Bertz CT molecular complexity index is 960. The predicted octanol–water partition coefficient (Wildman–Crippen LogP) is -1.18. The molecule has 30 heavy (non-hydrogen) atoms. The molecule has 5 fully saturated rings. The molecule has 0 amide bonds. The van der Waals surface area contributed by atoms with Crippen molar-refractivity contribution in [2.24, 2.45) is 16.7 Å². The lowest BCUT2D eigenvalue weighted by Crippen LogP contribution is -2.68. The number of aliphatic hydroxyl groups is 2. The topological polar surface area (TPSA) is 135 Å². The number of carbonyl (C=O) groups excluding carboxylic acids is 2. The van der Waals surface area contributed by atoms with Gasteiger partial charge in [-0.05, 0) is 19.4 Å². The quantitative estimate of drug-likeness (QED) is 0.410. The maximum Gasteiger partial charge on any atom is 0.331 e. The highest BCUT2D eigenvalue weighted by Gasteiger charge is 2.89. The van der Waals surface area contributed by atoms with E-state index in [1.165, 1.54) is 19.3 Å². The molecule has 3 saturated heterocycles. The fourth-order valence-electron chi connectivity index (χ4n) is 7.15. The van der Waals surface area contributed by atoms with Gasteiger partial charge >= 0.3 is 11.9 Å². The minimum atomic E-state index is -1.63. The molecule has 164 valence electrons. The van der Waals surface area contributed by atoms with Gasteiger partial charge in [0.2, 0.25) is 0 Å². The van der Waals surface area contributed by atoms with E-state index >= 15 is 0 Å². The lowest BCUT2D eigenvalue weighted by Gasteiger charge is -2.54. The van der Waals surface area contributed by atoms with Gasteiger partial charge in [0.15, 0.2) is 11.7 Å². The van der Waals surface area contributed by atoms with Gasteiger partial charge in [-0.15, -0.1) is 0 Å². The van der Waals surface area contributed by atoms with E-state index in [0.717, 1.165) is 0 Å². The van der Waals surface area contributed by atoms with Crippen LogP contribution < -0.4 is 0 Å². The number of fused-ring (bicyclic) bond motifs is 4. The van der Waals surface area contributed by atoms with E-state index in [9.17, 15) is 24.0 Å². The highest BCUT2D eigenvalue weighted by Crippen LogP contribution is 2.75. The molecule has 12 atom stereocenters. The first-order valence-corrected chi connectivity index (χ1v) is 11.8. The molecule has 4 aliphatic heterocycles. The fourth-order valence-corrected chi connectivity index (χ4v) is 8.13. The molecular formula is C20H24O9S. The Morgan fingerprint density at radius 1 is 1.17 bits per heavy atom. The zero-order valence-corrected chi connectivity index (χ0v) is 17.8. The average molecular weight is 440 g/mol. The van der Waals surface area contributed by atoms with E-state index in [0.29, 0.717) is 5.57 Å². The van der Waals surface area contributed by atoms with Gasteiger partial charge in [0.1, 0.15) is 29.3 Å². The third-order valence-corrected chi connectivity index (χ3v) is 9.27. The lowest BCUT2D eigenvalue weighted by molar-refractivity contribution is -0.169. The standard InChI is InChI=1S/C20H24O9S/c1-17(24,6-30(4)25)15-20-7(5-8(21)26-15)18(2)11-9(14(20)29-20)28-16(23)19(11,3)12(22)10-13(18)27-10/h5,9-15,22,24H,6H2,1-4H3/t9-,10+,11+,12+,13+,14+,15+,17-,18+,19+,20-,30+/m0/s1. The minimum absolute atomic E-state index is 0.111. The van der Waals surface area contributed by atoms with Crippen molar-refractivity contribution < 1.29 is 43.0 Å². The molecule has 2 N–H and O–H groups in total. The largest absolute Gasteiger partial charge is 0.459 e. The average Bonchev–Trinajstić information content (AvgIpc) is 3.52. The fraction of sp³-hybridized carbons (Fsp3) is 0.800. The van der Waals surface area contributed by atoms with Crippen LogP contribution in [0.5, 0.6) is 0 Å². The molecule has 9 nitrogen and oxygen atoms in total. The summed E-state index contributed by atoms with van der Waals surface area (Å²) < 4.78 is 35.2. The highest BCUT2D eigenvalue weighted by atomic mass is 32.2. The number of hydrogen-bond donors (Lipinski definition) is 2. The summed E-state index contributed by atoms with van der Waals surface area (Å²) in [6, 6.07) is 0. The molecule has 6 aliphatic rings. The summed E-state index contributed by atoms with van der Waals surface area (Å²) in [5, 5.41) is 22.0. The van der Waals surface area contributed by atoms with Crippen molar-refractivity contribution in [3.8, 4) is 0 Å². The van der Waals surface area contributed by atoms with Gasteiger partial charge in [-0.3, -0.25) is 9.00 Å². The molecule has 2 saturated carbocycles. The van der Waals surface area contributed by atoms with Crippen LogP contribution in [0.1, 0.15) is 20.8 Å². The van der Waals surface area contributed by atoms with E-state index in [4.69, 9.17) is 18.9 Å². The number of rotatable bonds is 3. The molecule has 4 heterocycles. The van der Waals surface area contributed by atoms with Gasteiger partial charge in [0.05, 0.1) is 18.0 Å². The highest BCUT2D eigenvalue weighted by molar-refractivity contribution is 7.84. The second-order valence-electron chi connectivity index (χ2n) is 10.2. The third-order valence-electron chi connectivity index (χ3n) is 8.28. The summed E-state index contributed by atoms with van der Waals surface area (Å²) >= 11 is 0. The Morgan fingerprint density at radius 3 is 2.53 bits per heavy atom. The molecular weight excluding hydrogens is 416 g/mol. The van der Waals surface area contributed by atoms with Gasteiger partial charge in [0.25, 0.3) is 0 Å². The van der Waals surface area contributed by atoms with Crippen LogP contribution in [0, 0.1) is 16.7 Å². The Hall–Kier alpha value is -1.33. The predicted molar refractivity (Wildman–Crippen MR) is 99.4 cm³/mol. The number of cyclic esters (lactones) is 1. The summed E-state index contributed by atoms with van der Waals surface area (Å²) in [5.41, 5.74) is -4.23. The summed E-state index contributed by atoms with van der Waals surface area (Å²) in [6.45, 7) is 5.07. The summed E-state index contributed by atoms with van der Waals surface area (Å²) in [5.74, 6) is -1.72. The molecule has 10 heteroatoms. The number of epoxide rings is 2. The van der Waals surface area contributed by atoms with Crippen LogP contribution in [-0.2, 0) is 39.3 Å². The van der Waals surface area contributed by atoms with E-state index < -0.39 is 87.3 Å². The summed E-state index contributed by atoms with van der Waals surface area (Å²) in [6.07, 6.45) is -1.54. The van der Waals surface area contributed by atoms with Crippen LogP contribution in [-0.4, -0.2) is 86.2 Å². The second kappa shape index (κ2) is 5.17. The maximum absolute atomic E-state index is 12.9. The summed E-state index contributed by atoms with van der Waals surface area (Å²) in [7, 11) is -1.36. The molecule has 1 spiro atoms. The van der Waals surface area contributed by atoms with Gasteiger partial charge in [0, 0.05) is 34.5 Å². The van der Waals surface area contributed by atoms with Crippen LogP contribution in [0.3, 0.4) is 0 Å². The van der Waals surface area contributed by atoms with Gasteiger partial charge in [-0.1, -0.05) is 6.92 Å². The van der Waals surface area contributed by atoms with Crippen molar-refractivity contribution in [1.82, 2.24) is 0 Å². The Labute approximate surface area is 175 Å². The smallest absolute Gasteiger partial charge is 0.331 e. The van der Waals surface area contributed by atoms with Crippen molar-refractivity contribution in [3.05, 3.63) is 11.6 Å². The van der Waals surface area contributed by atoms with Crippen LogP contribution in [0.2, 0.25) is 0 Å². The van der Waals surface area contributed by atoms with Crippen molar-refractivity contribution >= 4 is 22.7 Å². The van der Waals surface area contributed by atoms with Crippen LogP contribution in [0.25, 0.3) is 0 Å². The zero-order chi connectivity index (χ0) is 21.6. The molecule has 0 aromatic rings. The summed E-state index contributed by atoms with van der Waals surface area (Å²) in [4.78, 5) is 25.6. The third kappa shape index (κ3) is 1.88. The first-order chi connectivity index (χ1) is 13.9. The van der Waals surface area contributed by atoms with Gasteiger partial charge < -0.3 is 29.2 Å². The maximum atomic E-state index is 12.9. The van der Waals surface area contributed by atoms with Crippen molar-refractivity contribution in [3.63, 3.8) is 0 Å². The normalized spacial score (nSPS) is 57.4.